The van der Waals surface area contributed by atoms with Gasteiger partial charge in [0.05, 0.1) is 18.0 Å². The van der Waals surface area contributed by atoms with Crippen molar-refractivity contribution in [2.45, 2.75) is 13.0 Å². The van der Waals surface area contributed by atoms with Crippen molar-refractivity contribution in [1.29, 1.82) is 0 Å². The van der Waals surface area contributed by atoms with Gasteiger partial charge in [-0.25, -0.2) is 4.68 Å². The summed E-state index contributed by atoms with van der Waals surface area (Å²) in [4.78, 5) is 0. The minimum Gasteiger partial charge on any atom is -0.389 e. The normalized spacial score (nSPS) is 12.3. The Kier molecular flexibility index (Phi) is 3.35. The lowest BCUT2D eigenvalue weighted by Crippen LogP contribution is -2.02. The van der Waals surface area contributed by atoms with Crippen LogP contribution in [0.4, 0.5) is 0 Å². The highest BCUT2D eigenvalue weighted by Gasteiger charge is 2.10. The summed E-state index contributed by atoms with van der Waals surface area (Å²) in [5.41, 5.74) is 3.97. The first-order chi connectivity index (χ1) is 9.75. The van der Waals surface area contributed by atoms with Crippen LogP contribution in [-0.4, -0.2) is 14.9 Å². The molecule has 0 unspecified atom stereocenters. The lowest BCUT2D eigenvalue weighted by Gasteiger charge is -2.11. The zero-order valence-electron chi connectivity index (χ0n) is 11.3. The van der Waals surface area contributed by atoms with Crippen molar-refractivity contribution >= 4 is 0 Å². The predicted molar refractivity (Wildman–Crippen MR) is 79.6 cm³/mol. The molecule has 0 radical (unpaired) electrons. The van der Waals surface area contributed by atoms with Crippen molar-refractivity contribution in [3.63, 3.8) is 0 Å². The fraction of sp³-hybridized carbons (Fsp3) is 0.118. The lowest BCUT2D eigenvalue weighted by atomic mass is 10.1. The number of para-hydroxylation sites is 1. The van der Waals surface area contributed by atoms with Gasteiger partial charge in [-0.1, -0.05) is 48.5 Å². The zero-order valence-corrected chi connectivity index (χ0v) is 11.3. The van der Waals surface area contributed by atoms with E-state index in [1.54, 1.807) is 6.92 Å². The molecule has 3 aromatic rings. The van der Waals surface area contributed by atoms with Gasteiger partial charge in [-0.15, -0.1) is 0 Å². The molecule has 0 saturated carbocycles. The number of aliphatic hydroxyl groups is 1. The van der Waals surface area contributed by atoms with Crippen LogP contribution in [0, 0.1) is 0 Å². The Morgan fingerprint density at radius 1 is 0.950 bits per heavy atom. The summed E-state index contributed by atoms with van der Waals surface area (Å²) < 4.78 is 1.81. The maximum Gasteiger partial charge on any atom is 0.0782 e. The molecule has 0 aliphatic rings. The van der Waals surface area contributed by atoms with Gasteiger partial charge in [0.2, 0.25) is 0 Å². The lowest BCUT2D eigenvalue weighted by molar-refractivity contribution is 0.199. The van der Waals surface area contributed by atoms with Crippen LogP contribution in [0.2, 0.25) is 0 Å². The van der Waals surface area contributed by atoms with E-state index in [0.29, 0.717) is 0 Å². The van der Waals surface area contributed by atoms with Gasteiger partial charge >= 0.3 is 0 Å². The van der Waals surface area contributed by atoms with Crippen LogP contribution >= 0.6 is 0 Å². The Morgan fingerprint density at radius 2 is 1.65 bits per heavy atom. The summed E-state index contributed by atoms with van der Waals surface area (Å²) in [6, 6.07) is 17.9. The minimum absolute atomic E-state index is 0.518. The Bertz CT molecular complexity index is 702. The van der Waals surface area contributed by atoms with Crippen LogP contribution in [0.1, 0.15) is 18.6 Å². The monoisotopic (exact) mass is 264 g/mol. The molecular formula is C17H16N2O. The Labute approximate surface area is 118 Å². The van der Waals surface area contributed by atoms with Crippen LogP contribution in [0.3, 0.4) is 0 Å². The highest BCUT2D eigenvalue weighted by atomic mass is 16.3. The standard InChI is InChI=1S/C17H16N2O/c1-13(20)16-9-5-6-10-17(16)19-12-15(11-18-19)14-7-3-2-4-8-14/h2-13,20H,1H3/t13-/m0/s1. The van der Waals surface area contributed by atoms with Gasteiger partial charge in [0.1, 0.15) is 0 Å². The number of rotatable bonds is 3. The van der Waals surface area contributed by atoms with Gasteiger partial charge < -0.3 is 5.11 Å². The second-order valence-corrected chi connectivity index (χ2v) is 4.77. The van der Waals surface area contributed by atoms with E-state index >= 15 is 0 Å². The highest BCUT2D eigenvalue weighted by Crippen LogP contribution is 2.24. The van der Waals surface area contributed by atoms with Crippen LogP contribution in [0.5, 0.6) is 0 Å². The van der Waals surface area contributed by atoms with Crippen LogP contribution in [-0.2, 0) is 0 Å². The van der Waals surface area contributed by atoms with E-state index in [1.165, 1.54) is 0 Å². The van der Waals surface area contributed by atoms with Gasteiger partial charge in [0.25, 0.3) is 0 Å². The molecule has 0 aliphatic heterocycles. The largest absolute Gasteiger partial charge is 0.389 e. The van der Waals surface area contributed by atoms with Crippen molar-refractivity contribution in [2.24, 2.45) is 0 Å². The molecule has 0 aliphatic carbocycles. The predicted octanol–water partition coefficient (Wildman–Crippen LogP) is 3.59. The molecule has 3 heteroatoms. The summed E-state index contributed by atoms with van der Waals surface area (Å²) in [6.07, 6.45) is 3.31. The number of aliphatic hydroxyl groups excluding tert-OH is 1. The SMILES string of the molecule is C[C@H](O)c1ccccc1-n1cc(-c2ccccc2)cn1. The summed E-state index contributed by atoms with van der Waals surface area (Å²) in [7, 11) is 0. The molecule has 3 rings (SSSR count). The molecule has 1 N–H and O–H groups in total. The smallest absolute Gasteiger partial charge is 0.0782 e. The molecule has 0 fully saturated rings. The van der Waals surface area contributed by atoms with Crippen LogP contribution in [0.25, 0.3) is 16.8 Å². The number of nitrogens with zero attached hydrogens (tertiary/aromatic N) is 2. The van der Waals surface area contributed by atoms with Gasteiger partial charge in [0.15, 0.2) is 0 Å². The summed E-state index contributed by atoms with van der Waals surface area (Å²) in [5.74, 6) is 0. The molecule has 0 spiro atoms. The van der Waals surface area contributed by atoms with Crippen molar-refractivity contribution < 1.29 is 5.11 Å². The first-order valence-corrected chi connectivity index (χ1v) is 6.63. The number of hydrogen-bond donors (Lipinski definition) is 1. The molecule has 2 aromatic carbocycles. The molecule has 1 heterocycles. The number of hydrogen-bond acceptors (Lipinski definition) is 2. The van der Waals surface area contributed by atoms with Gasteiger partial charge in [-0.2, -0.15) is 5.10 Å². The van der Waals surface area contributed by atoms with Crippen molar-refractivity contribution in [2.75, 3.05) is 0 Å². The fourth-order valence-electron chi connectivity index (χ4n) is 2.28. The highest BCUT2D eigenvalue weighted by molar-refractivity contribution is 5.62. The summed E-state index contributed by atoms with van der Waals surface area (Å²) >= 11 is 0. The van der Waals surface area contributed by atoms with Gasteiger partial charge in [-0.05, 0) is 18.6 Å². The molecule has 0 saturated heterocycles. The van der Waals surface area contributed by atoms with E-state index in [4.69, 9.17) is 0 Å². The first-order valence-electron chi connectivity index (χ1n) is 6.63. The Hall–Kier alpha value is -2.39. The molecule has 3 nitrogen and oxygen atoms in total. The van der Waals surface area contributed by atoms with E-state index < -0.39 is 6.10 Å². The second-order valence-electron chi connectivity index (χ2n) is 4.77. The second kappa shape index (κ2) is 5.31. The summed E-state index contributed by atoms with van der Waals surface area (Å²) in [5, 5.41) is 14.3. The number of aromatic nitrogens is 2. The van der Waals surface area contributed by atoms with E-state index in [9.17, 15) is 5.11 Å². The average Bonchev–Trinajstić information content (AvgIpc) is 2.98. The maximum atomic E-state index is 9.85. The van der Waals surface area contributed by atoms with E-state index in [1.807, 2.05) is 59.5 Å². The van der Waals surface area contributed by atoms with E-state index in [2.05, 4.69) is 17.2 Å². The Balaban J connectivity index is 2.03. The topological polar surface area (TPSA) is 38.0 Å². The third kappa shape index (κ3) is 2.36. The molecule has 0 amide bonds. The third-order valence-corrected chi connectivity index (χ3v) is 3.32. The van der Waals surface area contributed by atoms with E-state index in [-0.39, 0.29) is 0 Å². The fourth-order valence-corrected chi connectivity index (χ4v) is 2.28. The first kappa shape index (κ1) is 12.6. The minimum atomic E-state index is -0.518. The molecule has 1 atom stereocenters. The van der Waals surface area contributed by atoms with Crippen LogP contribution < -0.4 is 0 Å². The van der Waals surface area contributed by atoms with E-state index in [0.717, 1.165) is 22.4 Å². The quantitative estimate of drug-likeness (QED) is 0.785. The van der Waals surface area contributed by atoms with Gasteiger partial charge in [0, 0.05) is 17.3 Å². The average molecular weight is 264 g/mol. The van der Waals surface area contributed by atoms with Crippen molar-refractivity contribution in [3.05, 3.63) is 72.6 Å². The molecule has 100 valence electrons. The molecular weight excluding hydrogens is 248 g/mol. The van der Waals surface area contributed by atoms with Crippen molar-refractivity contribution in [3.8, 4) is 16.8 Å². The summed E-state index contributed by atoms with van der Waals surface area (Å²) in [6.45, 7) is 1.76. The zero-order chi connectivity index (χ0) is 13.9. The molecule has 20 heavy (non-hydrogen) atoms. The maximum absolute atomic E-state index is 9.85. The number of benzene rings is 2. The molecule has 1 aromatic heterocycles. The molecule has 0 bridgehead atoms. The van der Waals surface area contributed by atoms with Crippen molar-refractivity contribution in [1.82, 2.24) is 9.78 Å². The van der Waals surface area contributed by atoms with Crippen LogP contribution in [0.15, 0.2) is 67.0 Å². The Morgan fingerprint density at radius 3 is 2.40 bits per heavy atom. The van der Waals surface area contributed by atoms with Gasteiger partial charge in [-0.3, -0.25) is 0 Å². The third-order valence-electron chi connectivity index (χ3n) is 3.32.